The SMILES string of the molecule is Cc1[nH]c(=O)c2c(Cl)c3[n+](cc2[n+]1N=Nc1cccc2c1C(=O)[C@H]1C=CC=C[C@@H]1C2=O)N(Cl)C[C@@H]3Cl. The highest BCUT2D eigenvalue weighted by Crippen LogP contribution is 2.38. The number of ketones is 2. The normalized spacial score (nSPS) is 22.4. The third kappa shape index (κ3) is 3.27. The first-order chi connectivity index (χ1) is 17.3. The first kappa shape index (κ1) is 23.0. The van der Waals surface area contributed by atoms with Crippen molar-refractivity contribution in [1.82, 2.24) is 4.98 Å². The second-order valence-electron chi connectivity index (χ2n) is 8.71. The summed E-state index contributed by atoms with van der Waals surface area (Å²) in [6, 6.07) is 4.91. The summed E-state index contributed by atoms with van der Waals surface area (Å²) in [5.41, 5.74) is 1.19. The zero-order valence-electron chi connectivity index (χ0n) is 18.7. The van der Waals surface area contributed by atoms with E-state index in [1.165, 1.54) is 9.20 Å². The van der Waals surface area contributed by atoms with Gasteiger partial charge in [0, 0.05) is 17.6 Å². The quantitative estimate of drug-likeness (QED) is 0.230. The minimum Gasteiger partial charge on any atom is -0.293 e. The second kappa shape index (κ2) is 8.33. The lowest BCUT2D eigenvalue weighted by molar-refractivity contribution is -0.694. The maximum Gasteiger partial charge on any atom is 0.317 e. The molecule has 0 saturated carbocycles. The number of rotatable bonds is 2. The van der Waals surface area contributed by atoms with Crippen molar-refractivity contribution >= 4 is 63.1 Å². The van der Waals surface area contributed by atoms with Crippen LogP contribution in [-0.2, 0) is 0 Å². The highest BCUT2D eigenvalue weighted by molar-refractivity contribution is 6.37. The number of nitrogens with zero attached hydrogens (tertiary/aromatic N) is 5. The van der Waals surface area contributed by atoms with Gasteiger partial charge >= 0.3 is 5.56 Å². The molecule has 0 radical (unpaired) electrons. The zero-order valence-corrected chi connectivity index (χ0v) is 20.9. The molecule has 0 spiro atoms. The van der Waals surface area contributed by atoms with E-state index in [2.05, 4.69) is 15.3 Å². The number of nitrogens with one attached hydrogen (secondary N) is 1. The van der Waals surface area contributed by atoms with Gasteiger partial charge in [0.1, 0.15) is 22.3 Å². The summed E-state index contributed by atoms with van der Waals surface area (Å²) in [4.78, 5) is 42.0. The van der Waals surface area contributed by atoms with Gasteiger partial charge in [0.2, 0.25) is 17.5 Å². The molecule has 36 heavy (non-hydrogen) atoms. The molecule has 9 nitrogen and oxygen atoms in total. The Bertz CT molecular complexity index is 1660. The van der Waals surface area contributed by atoms with Crippen LogP contribution >= 0.6 is 35.0 Å². The van der Waals surface area contributed by atoms with Crippen molar-refractivity contribution in [2.75, 3.05) is 11.1 Å². The van der Waals surface area contributed by atoms with E-state index in [1.807, 2.05) is 0 Å². The van der Waals surface area contributed by atoms with Gasteiger partial charge < -0.3 is 0 Å². The molecule has 1 aromatic carbocycles. The summed E-state index contributed by atoms with van der Waals surface area (Å²) in [5.74, 6) is -1.07. The Hall–Kier alpha value is -3.40. The van der Waals surface area contributed by atoms with Gasteiger partial charge in [-0.25, -0.2) is 4.98 Å². The number of Topliss-reactive ketones (excluding diaryl/α,β-unsaturated/α-hetero) is 2. The fraction of sp³-hybridized carbons (Fsp3) is 0.208. The standard InChI is InChI=1S/C24H16Cl3N6O3/c1-11-28-24(36)19-17(10-31-21(20(19)26)15(25)9-32(31)27)33(11)30-29-16-8-4-7-14-18(16)23(35)13-6-3-2-5-12(13)22(14)34/h2-8,10,12-13,15H,9H2,1H3/q+1/p+1/t12-,13-,15-/m0/s1. The van der Waals surface area contributed by atoms with E-state index in [9.17, 15) is 14.4 Å². The molecule has 1 N–H and O–H groups in total. The third-order valence-electron chi connectivity index (χ3n) is 6.64. The van der Waals surface area contributed by atoms with E-state index in [-0.39, 0.29) is 39.8 Å². The van der Waals surface area contributed by atoms with Crippen molar-refractivity contribution in [3.63, 3.8) is 0 Å². The van der Waals surface area contributed by atoms with Gasteiger partial charge in [0.05, 0.1) is 34.4 Å². The largest absolute Gasteiger partial charge is 0.317 e. The van der Waals surface area contributed by atoms with Crippen LogP contribution in [0.3, 0.4) is 0 Å². The fourth-order valence-corrected chi connectivity index (χ4v) is 6.08. The van der Waals surface area contributed by atoms with Crippen molar-refractivity contribution in [3.05, 3.63) is 86.7 Å². The maximum absolute atomic E-state index is 13.3. The molecule has 1 aliphatic heterocycles. The number of aromatic nitrogens is 3. The van der Waals surface area contributed by atoms with Crippen LogP contribution in [0, 0.1) is 18.8 Å². The highest BCUT2D eigenvalue weighted by atomic mass is 35.5. The summed E-state index contributed by atoms with van der Waals surface area (Å²) < 4.78 is 4.31. The van der Waals surface area contributed by atoms with E-state index in [0.29, 0.717) is 22.6 Å². The van der Waals surface area contributed by atoms with Crippen LogP contribution in [0.2, 0.25) is 5.02 Å². The summed E-state index contributed by atoms with van der Waals surface area (Å²) in [5, 5.41) is 8.49. The van der Waals surface area contributed by atoms with Gasteiger partial charge in [-0.3, -0.25) is 14.4 Å². The number of carbonyl (C=O) groups excluding carboxylic acids is 2. The molecule has 6 rings (SSSR count). The highest BCUT2D eigenvalue weighted by Gasteiger charge is 2.42. The molecular formula is C24H17Cl3N6O3+2. The first-order valence-electron chi connectivity index (χ1n) is 11.1. The van der Waals surface area contributed by atoms with Crippen molar-refractivity contribution in [2.45, 2.75) is 12.3 Å². The van der Waals surface area contributed by atoms with Gasteiger partial charge in [-0.05, 0) is 6.07 Å². The lowest BCUT2D eigenvalue weighted by Crippen LogP contribution is -2.50. The lowest BCUT2D eigenvalue weighted by Gasteiger charge is -2.28. The fourth-order valence-electron chi connectivity index (χ4n) is 4.95. The molecular weight excluding hydrogens is 527 g/mol. The number of hydrogen-bond donors (Lipinski definition) is 1. The topological polar surface area (TPSA) is 103 Å². The lowest BCUT2D eigenvalue weighted by atomic mass is 9.72. The Morgan fingerprint density at radius 1 is 1.11 bits per heavy atom. The van der Waals surface area contributed by atoms with Crippen LogP contribution in [0.5, 0.6) is 0 Å². The van der Waals surface area contributed by atoms with Gasteiger partial charge in [0.15, 0.2) is 17.3 Å². The van der Waals surface area contributed by atoms with Gasteiger partial charge in [0.25, 0.3) is 5.69 Å². The number of hydrogen-bond acceptors (Lipinski definition) is 6. The monoisotopic (exact) mass is 542 g/mol. The number of benzene rings is 1. The Kier molecular flexibility index (Phi) is 5.33. The molecule has 12 heteroatoms. The number of pyridine rings is 1. The Labute approximate surface area is 219 Å². The molecule has 2 aliphatic carbocycles. The van der Waals surface area contributed by atoms with Crippen molar-refractivity contribution < 1.29 is 18.9 Å². The molecule has 3 aliphatic rings. The van der Waals surface area contributed by atoms with Gasteiger partial charge in [-0.15, -0.1) is 16.3 Å². The van der Waals surface area contributed by atoms with Crippen LogP contribution in [0.4, 0.5) is 5.69 Å². The molecule has 3 atom stereocenters. The summed E-state index contributed by atoms with van der Waals surface area (Å²) in [6.45, 7) is 1.93. The molecule has 0 fully saturated rings. The Morgan fingerprint density at radius 2 is 1.83 bits per heavy atom. The third-order valence-corrected chi connectivity index (χ3v) is 7.67. The van der Waals surface area contributed by atoms with Crippen molar-refractivity contribution in [3.8, 4) is 0 Å². The molecule has 0 bridgehead atoms. The van der Waals surface area contributed by atoms with Gasteiger partial charge in [-0.2, -0.15) is 0 Å². The van der Waals surface area contributed by atoms with E-state index < -0.39 is 22.8 Å². The zero-order chi connectivity index (χ0) is 25.3. The van der Waals surface area contributed by atoms with Crippen LogP contribution in [0.1, 0.15) is 37.6 Å². The van der Waals surface area contributed by atoms with Crippen molar-refractivity contribution in [2.24, 2.45) is 22.2 Å². The number of allylic oxidation sites excluding steroid dienone is 4. The number of halogens is 3. The Balaban J connectivity index is 1.53. The van der Waals surface area contributed by atoms with Crippen LogP contribution in [-0.4, -0.2) is 23.1 Å². The van der Waals surface area contributed by atoms with Crippen LogP contribution in [0.15, 0.2) is 63.8 Å². The van der Waals surface area contributed by atoms with Crippen LogP contribution < -0.4 is 19.4 Å². The van der Waals surface area contributed by atoms with E-state index in [1.54, 1.807) is 60.3 Å². The van der Waals surface area contributed by atoms with Crippen molar-refractivity contribution in [1.29, 1.82) is 0 Å². The summed E-state index contributed by atoms with van der Waals surface area (Å²) >= 11 is 19.3. The Morgan fingerprint density at radius 3 is 2.58 bits per heavy atom. The minimum absolute atomic E-state index is 0.137. The number of carbonyl (C=O) groups is 2. The average molecular weight is 544 g/mol. The van der Waals surface area contributed by atoms with E-state index in [0.717, 1.165) is 0 Å². The summed E-state index contributed by atoms with van der Waals surface area (Å²) in [7, 11) is 0. The molecule has 180 valence electrons. The first-order valence-corrected chi connectivity index (χ1v) is 12.2. The maximum atomic E-state index is 13.3. The number of fused-ring (bicyclic) bond motifs is 4. The summed E-state index contributed by atoms with van der Waals surface area (Å²) in [6.07, 6.45) is 8.62. The second-order valence-corrected chi connectivity index (χ2v) is 10.0. The molecule has 3 aromatic rings. The van der Waals surface area contributed by atoms with E-state index in [4.69, 9.17) is 35.0 Å². The van der Waals surface area contributed by atoms with E-state index >= 15 is 0 Å². The molecule has 3 heterocycles. The number of alkyl halides is 1. The predicted molar refractivity (Wildman–Crippen MR) is 133 cm³/mol. The smallest absolute Gasteiger partial charge is 0.293 e. The minimum atomic E-state index is -0.578. The van der Waals surface area contributed by atoms with Crippen LogP contribution in [0.25, 0.3) is 10.9 Å². The molecule has 0 unspecified atom stereocenters. The average Bonchev–Trinajstić information content (AvgIpc) is 3.15. The van der Waals surface area contributed by atoms with Gasteiger partial charge in [-0.1, -0.05) is 57.2 Å². The predicted octanol–water partition coefficient (Wildman–Crippen LogP) is 3.73. The molecule has 0 amide bonds. The molecule has 2 aromatic heterocycles. The number of aryl methyl sites for hydroxylation is 1. The number of H-pyrrole nitrogens is 1. The molecule has 0 saturated heterocycles. The number of aromatic amines is 1.